The fourth-order valence-corrected chi connectivity index (χ4v) is 2.28. The van der Waals surface area contributed by atoms with Crippen LogP contribution in [0.4, 0.5) is 11.4 Å². The van der Waals surface area contributed by atoms with Crippen molar-refractivity contribution >= 4 is 11.4 Å². The fourth-order valence-electron chi connectivity index (χ4n) is 2.28. The first kappa shape index (κ1) is 12.7. The molecule has 0 aromatic carbocycles. The number of pyridine rings is 1. The molecule has 0 bridgehead atoms. The monoisotopic (exact) mass is 245 g/mol. The second-order valence-electron chi connectivity index (χ2n) is 4.52. The number of piperazine rings is 1. The molecule has 1 aliphatic heterocycles. The number of nitrogens with two attached hydrogens (primary N) is 1. The van der Waals surface area contributed by atoms with Gasteiger partial charge in [-0.25, -0.2) is 0 Å². The minimum Gasteiger partial charge on any atom is -0.396 e. The molecule has 1 aromatic rings. The van der Waals surface area contributed by atoms with Crippen LogP contribution >= 0.6 is 0 Å². The van der Waals surface area contributed by atoms with E-state index in [4.69, 9.17) is 11.0 Å². The Kier molecular flexibility index (Phi) is 4.37. The van der Waals surface area contributed by atoms with Crippen LogP contribution in [0.3, 0.4) is 0 Å². The Hall–Kier alpha value is -1.80. The maximum atomic E-state index is 8.52. The number of aromatic nitrogens is 1. The molecule has 0 saturated carbocycles. The van der Waals surface area contributed by atoms with Gasteiger partial charge in [0.25, 0.3) is 0 Å². The van der Waals surface area contributed by atoms with Gasteiger partial charge < -0.3 is 10.6 Å². The highest BCUT2D eigenvalue weighted by Crippen LogP contribution is 2.22. The van der Waals surface area contributed by atoms with Crippen molar-refractivity contribution in [3.8, 4) is 6.07 Å². The molecule has 1 aromatic heterocycles. The van der Waals surface area contributed by atoms with Crippen molar-refractivity contribution in [2.45, 2.75) is 12.8 Å². The van der Waals surface area contributed by atoms with Gasteiger partial charge in [0.2, 0.25) is 0 Å². The van der Waals surface area contributed by atoms with Crippen molar-refractivity contribution in [3.05, 3.63) is 18.5 Å². The molecule has 0 atom stereocenters. The number of nitrogens with zero attached hydrogens (tertiary/aromatic N) is 4. The summed E-state index contributed by atoms with van der Waals surface area (Å²) in [6, 6.07) is 4.16. The number of anilines is 2. The van der Waals surface area contributed by atoms with Crippen LogP contribution in [0, 0.1) is 11.3 Å². The Labute approximate surface area is 108 Å². The van der Waals surface area contributed by atoms with Gasteiger partial charge in [-0.05, 0) is 19.0 Å². The molecule has 18 heavy (non-hydrogen) atoms. The molecule has 5 heteroatoms. The van der Waals surface area contributed by atoms with Gasteiger partial charge in [-0.3, -0.25) is 9.88 Å². The van der Waals surface area contributed by atoms with E-state index < -0.39 is 0 Å². The Morgan fingerprint density at radius 2 is 2.11 bits per heavy atom. The summed E-state index contributed by atoms with van der Waals surface area (Å²) in [5.74, 6) is 0. The molecular weight excluding hydrogens is 226 g/mol. The maximum Gasteiger partial charge on any atom is 0.0738 e. The fraction of sp³-hybridized carbons (Fsp3) is 0.538. The van der Waals surface area contributed by atoms with Crippen molar-refractivity contribution in [1.29, 1.82) is 5.26 Å². The average molecular weight is 245 g/mol. The van der Waals surface area contributed by atoms with E-state index in [2.05, 4.69) is 20.9 Å². The molecule has 0 amide bonds. The largest absolute Gasteiger partial charge is 0.396 e. The zero-order chi connectivity index (χ0) is 12.8. The molecular formula is C13H19N5. The van der Waals surface area contributed by atoms with Gasteiger partial charge in [-0.2, -0.15) is 5.26 Å². The summed E-state index contributed by atoms with van der Waals surface area (Å²) in [7, 11) is 0. The smallest absolute Gasteiger partial charge is 0.0738 e. The molecule has 96 valence electrons. The van der Waals surface area contributed by atoms with Crippen LogP contribution in [0.15, 0.2) is 18.5 Å². The Bertz CT molecular complexity index is 418. The zero-order valence-electron chi connectivity index (χ0n) is 10.5. The highest BCUT2D eigenvalue weighted by atomic mass is 15.3. The second kappa shape index (κ2) is 6.22. The number of nitriles is 1. The quantitative estimate of drug-likeness (QED) is 0.804. The molecule has 0 spiro atoms. The molecule has 2 heterocycles. The van der Waals surface area contributed by atoms with Crippen molar-refractivity contribution in [2.24, 2.45) is 0 Å². The topological polar surface area (TPSA) is 69.2 Å². The minimum atomic E-state index is 0.650. The van der Waals surface area contributed by atoms with E-state index in [1.165, 1.54) is 0 Å². The predicted molar refractivity (Wildman–Crippen MR) is 72.1 cm³/mol. The summed E-state index contributed by atoms with van der Waals surface area (Å²) < 4.78 is 0. The van der Waals surface area contributed by atoms with Crippen molar-refractivity contribution < 1.29 is 0 Å². The van der Waals surface area contributed by atoms with Crippen LogP contribution in [0.2, 0.25) is 0 Å². The van der Waals surface area contributed by atoms with Crippen molar-refractivity contribution in [2.75, 3.05) is 43.4 Å². The van der Waals surface area contributed by atoms with Crippen LogP contribution in [-0.4, -0.2) is 42.6 Å². The SMILES string of the molecule is N#CCCCN1CCN(c2ccncc2N)CC1. The Balaban J connectivity index is 1.84. The van der Waals surface area contributed by atoms with Gasteiger partial charge in [0, 0.05) is 38.8 Å². The van der Waals surface area contributed by atoms with E-state index in [0.717, 1.165) is 50.5 Å². The van der Waals surface area contributed by atoms with E-state index >= 15 is 0 Å². The van der Waals surface area contributed by atoms with Gasteiger partial charge in [0.05, 0.1) is 23.6 Å². The third kappa shape index (κ3) is 3.11. The lowest BCUT2D eigenvalue weighted by Crippen LogP contribution is -2.46. The van der Waals surface area contributed by atoms with Gasteiger partial charge in [-0.15, -0.1) is 0 Å². The average Bonchev–Trinajstić information content (AvgIpc) is 2.41. The molecule has 0 aliphatic carbocycles. The summed E-state index contributed by atoms with van der Waals surface area (Å²) in [5, 5.41) is 8.52. The van der Waals surface area contributed by atoms with E-state index in [0.29, 0.717) is 6.42 Å². The molecule has 1 fully saturated rings. The molecule has 0 radical (unpaired) electrons. The molecule has 0 unspecified atom stereocenters. The lowest BCUT2D eigenvalue weighted by molar-refractivity contribution is 0.256. The number of rotatable bonds is 4. The summed E-state index contributed by atoms with van der Waals surface area (Å²) >= 11 is 0. The first-order valence-electron chi connectivity index (χ1n) is 6.35. The second-order valence-corrected chi connectivity index (χ2v) is 4.52. The number of unbranched alkanes of at least 4 members (excludes halogenated alkanes) is 1. The van der Waals surface area contributed by atoms with Gasteiger partial charge in [0.15, 0.2) is 0 Å². The van der Waals surface area contributed by atoms with E-state index in [1.807, 2.05) is 6.07 Å². The normalized spacial score (nSPS) is 16.5. The summed E-state index contributed by atoms with van der Waals surface area (Å²) in [5.41, 5.74) is 7.76. The Morgan fingerprint density at radius 3 is 2.78 bits per heavy atom. The lowest BCUT2D eigenvalue weighted by atomic mass is 10.2. The van der Waals surface area contributed by atoms with E-state index in [-0.39, 0.29) is 0 Å². The first-order chi connectivity index (χ1) is 8.81. The highest BCUT2D eigenvalue weighted by Gasteiger charge is 2.17. The number of hydrogen-bond acceptors (Lipinski definition) is 5. The van der Waals surface area contributed by atoms with E-state index in [1.54, 1.807) is 12.4 Å². The van der Waals surface area contributed by atoms with E-state index in [9.17, 15) is 0 Å². The molecule has 2 N–H and O–H groups in total. The molecule has 5 nitrogen and oxygen atoms in total. The molecule has 1 aliphatic rings. The lowest BCUT2D eigenvalue weighted by Gasteiger charge is -2.36. The Morgan fingerprint density at radius 1 is 1.33 bits per heavy atom. The minimum absolute atomic E-state index is 0.650. The summed E-state index contributed by atoms with van der Waals surface area (Å²) in [6.07, 6.45) is 5.10. The molecule has 1 saturated heterocycles. The van der Waals surface area contributed by atoms with Crippen LogP contribution in [-0.2, 0) is 0 Å². The third-order valence-corrected chi connectivity index (χ3v) is 3.30. The predicted octanol–water partition coefficient (Wildman–Crippen LogP) is 1.09. The summed E-state index contributed by atoms with van der Waals surface area (Å²) in [4.78, 5) is 8.72. The van der Waals surface area contributed by atoms with Crippen molar-refractivity contribution in [3.63, 3.8) is 0 Å². The standard InChI is InChI=1S/C13H19N5/c14-4-1-2-6-17-7-9-18(10-8-17)13-3-5-16-11-12(13)15/h3,5,11H,1-2,6-10,15H2. The van der Waals surface area contributed by atoms with Crippen LogP contribution in [0.5, 0.6) is 0 Å². The van der Waals surface area contributed by atoms with Crippen molar-refractivity contribution in [1.82, 2.24) is 9.88 Å². The maximum absolute atomic E-state index is 8.52. The third-order valence-electron chi connectivity index (χ3n) is 3.30. The zero-order valence-corrected chi connectivity index (χ0v) is 10.5. The van der Waals surface area contributed by atoms with Gasteiger partial charge in [-0.1, -0.05) is 0 Å². The highest BCUT2D eigenvalue weighted by molar-refractivity contribution is 5.66. The van der Waals surface area contributed by atoms with Crippen LogP contribution in [0.25, 0.3) is 0 Å². The van der Waals surface area contributed by atoms with Crippen LogP contribution in [0.1, 0.15) is 12.8 Å². The number of nitrogen functional groups attached to an aromatic ring is 1. The summed E-state index contributed by atoms with van der Waals surface area (Å²) in [6.45, 7) is 5.06. The first-order valence-corrected chi connectivity index (χ1v) is 6.35. The van der Waals surface area contributed by atoms with Gasteiger partial charge >= 0.3 is 0 Å². The van der Waals surface area contributed by atoms with Crippen LogP contribution < -0.4 is 10.6 Å². The molecule has 2 rings (SSSR count). The number of hydrogen-bond donors (Lipinski definition) is 1. The van der Waals surface area contributed by atoms with Gasteiger partial charge in [0.1, 0.15) is 0 Å².